The van der Waals surface area contributed by atoms with E-state index in [0.717, 1.165) is 84.6 Å². The van der Waals surface area contributed by atoms with Crippen LogP contribution in [0.2, 0.25) is 0 Å². The Balaban J connectivity index is 0.948. The molecule has 10 rings (SSSR count). The predicted molar refractivity (Wildman–Crippen MR) is 273 cm³/mol. The topological polar surface area (TPSA) is 37.7 Å². The van der Waals surface area contributed by atoms with Crippen molar-refractivity contribution in [1.82, 2.24) is 4.57 Å². The van der Waals surface area contributed by atoms with Crippen LogP contribution in [0, 0.1) is 0 Å². The quantitative estimate of drug-likeness (QED) is 0.108. The number of esters is 1. The minimum atomic E-state index is -0.329. The molecule has 0 atom stereocenters. The van der Waals surface area contributed by atoms with E-state index in [1.807, 2.05) is 55.5 Å². The van der Waals surface area contributed by atoms with E-state index >= 15 is 0 Å². The maximum atomic E-state index is 12.6. The molecule has 0 unspecified atom stereocenters. The second kappa shape index (κ2) is 19.0. The fourth-order valence-electron chi connectivity index (χ4n) is 8.60. The molecule has 0 saturated heterocycles. The van der Waals surface area contributed by atoms with E-state index in [0.29, 0.717) is 12.2 Å². The average Bonchev–Trinajstić information content (AvgIpc) is 3.84. The van der Waals surface area contributed by atoms with Crippen molar-refractivity contribution in [3.8, 4) is 50.5 Å². The van der Waals surface area contributed by atoms with Gasteiger partial charge in [-0.25, -0.2) is 4.79 Å². The van der Waals surface area contributed by atoms with Gasteiger partial charge in [0.25, 0.3) is 0 Å². The zero-order valence-corrected chi connectivity index (χ0v) is 36.6. The first-order valence-corrected chi connectivity index (χ1v) is 22.3. The standard InChI is InChI=1S/C61H47N3O2/c1-2-66-61(65)51-35-41-58(42-36-51)64-59(49-27-23-45(24-28-49)47-31-37-56(38-32-47)62(52-15-7-3-8-16-52)53-17-9-4-10-18-53)43-44-60(64)50-29-25-46(26-30-50)48-33-39-57(40-34-48)63(54-19-11-5-12-20-54)55-21-13-6-14-22-55/h3-44H,2H2,1H3. The molecular formula is C61H47N3O2. The van der Waals surface area contributed by atoms with Crippen molar-refractivity contribution in [3.05, 3.63) is 260 Å². The number of nitrogens with zero attached hydrogens (tertiary/aromatic N) is 3. The van der Waals surface area contributed by atoms with E-state index in [2.05, 4.69) is 221 Å². The highest BCUT2D eigenvalue weighted by atomic mass is 16.5. The van der Waals surface area contributed by atoms with Crippen molar-refractivity contribution in [2.75, 3.05) is 16.4 Å². The molecule has 0 aliphatic rings. The number of para-hydroxylation sites is 4. The number of carbonyl (C=O) groups excluding carboxylic acids is 1. The van der Waals surface area contributed by atoms with Crippen LogP contribution in [0.3, 0.4) is 0 Å². The van der Waals surface area contributed by atoms with E-state index in [1.54, 1.807) is 0 Å². The molecule has 0 spiro atoms. The van der Waals surface area contributed by atoms with Gasteiger partial charge in [-0.05, 0) is 149 Å². The van der Waals surface area contributed by atoms with Crippen molar-refractivity contribution < 1.29 is 9.53 Å². The van der Waals surface area contributed by atoms with Gasteiger partial charge in [0.2, 0.25) is 0 Å². The number of hydrogen-bond donors (Lipinski definition) is 0. The Kier molecular flexibility index (Phi) is 11.9. The lowest BCUT2D eigenvalue weighted by molar-refractivity contribution is 0.0526. The molecule has 0 aliphatic heterocycles. The Morgan fingerprint density at radius 3 is 0.955 bits per heavy atom. The van der Waals surface area contributed by atoms with Gasteiger partial charge in [0.1, 0.15) is 0 Å². The molecule has 0 aliphatic carbocycles. The number of benzene rings is 9. The van der Waals surface area contributed by atoms with Crippen LogP contribution in [0.1, 0.15) is 17.3 Å². The number of anilines is 6. The highest BCUT2D eigenvalue weighted by molar-refractivity contribution is 5.90. The molecular weight excluding hydrogens is 807 g/mol. The van der Waals surface area contributed by atoms with Crippen LogP contribution in [0.25, 0.3) is 50.5 Å². The van der Waals surface area contributed by atoms with Crippen LogP contribution >= 0.6 is 0 Å². The summed E-state index contributed by atoms with van der Waals surface area (Å²) in [6.07, 6.45) is 0. The molecule has 0 radical (unpaired) electrons. The second-order valence-corrected chi connectivity index (χ2v) is 16.0. The number of rotatable bonds is 13. The zero-order chi connectivity index (χ0) is 44.7. The normalized spacial score (nSPS) is 10.9. The van der Waals surface area contributed by atoms with Crippen molar-refractivity contribution in [1.29, 1.82) is 0 Å². The van der Waals surface area contributed by atoms with Gasteiger partial charge in [-0.3, -0.25) is 0 Å². The Labute approximate surface area is 386 Å². The highest BCUT2D eigenvalue weighted by Gasteiger charge is 2.18. The van der Waals surface area contributed by atoms with Gasteiger partial charge in [0, 0.05) is 39.8 Å². The maximum Gasteiger partial charge on any atom is 0.338 e. The number of aromatic nitrogens is 1. The third kappa shape index (κ3) is 8.66. The van der Waals surface area contributed by atoms with Gasteiger partial charge in [-0.2, -0.15) is 0 Å². The number of carbonyl (C=O) groups is 1. The monoisotopic (exact) mass is 853 g/mol. The number of hydrogen-bond acceptors (Lipinski definition) is 4. The fraction of sp³-hybridized carbons (Fsp3) is 0.0328. The fourth-order valence-corrected chi connectivity index (χ4v) is 8.60. The Bertz CT molecular complexity index is 2880. The Morgan fingerprint density at radius 2 is 0.636 bits per heavy atom. The van der Waals surface area contributed by atoms with Crippen molar-refractivity contribution >= 4 is 40.1 Å². The lowest BCUT2D eigenvalue weighted by atomic mass is 10.0. The molecule has 0 bridgehead atoms. The summed E-state index contributed by atoms with van der Waals surface area (Å²) >= 11 is 0. The molecule has 1 heterocycles. The molecule has 318 valence electrons. The zero-order valence-electron chi connectivity index (χ0n) is 36.6. The summed E-state index contributed by atoms with van der Waals surface area (Å²) in [5.41, 5.74) is 16.8. The minimum Gasteiger partial charge on any atom is -0.462 e. The van der Waals surface area contributed by atoms with E-state index in [-0.39, 0.29) is 5.97 Å². The van der Waals surface area contributed by atoms with Crippen molar-refractivity contribution in [2.45, 2.75) is 6.92 Å². The first-order chi connectivity index (χ1) is 32.6. The minimum absolute atomic E-state index is 0.326. The first kappa shape index (κ1) is 41.3. The summed E-state index contributed by atoms with van der Waals surface area (Å²) in [4.78, 5) is 17.2. The van der Waals surface area contributed by atoms with E-state index < -0.39 is 0 Å². The largest absolute Gasteiger partial charge is 0.462 e. The molecule has 0 N–H and O–H groups in total. The summed E-state index contributed by atoms with van der Waals surface area (Å²) in [5, 5.41) is 0. The van der Waals surface area contributed by atoms with Crippen molar-refractivity contribution in [3.63, 3.8) is 0 Å². The summed E-state index contributed by atoms with van der Waals surface area (Å²) < 4.78 is 7.58. The lowest BCUT2D eigenvalue weighted by Crippen LogP contribution is -2.09. The smallest absolute Gasteiger partial charge is 0.338 e. The molecule has 66 heavy (non-hydrogen) atoms. The summed E-state index contributed by atoms with van der Waals surface area (Å²) in [6.45, 7) is 2.15. The van der Waals surface area contributed by atoms with Gasteiger partial charge in [0.15, 0.2) is 0 Å². The van der Waals surface area contributed by atoms with Gasteiger partial charge in [0.05, 0.1) is 23.6 Å². The second-order valence-electron chi connectivity index (χ2n) is 16.0. The third-order valence-electron chi connectivity index (χ3n) is 11.9. The molecule has 10 aromatic rings. The van der Waals surface area contributed by atoms with Crippen LogP contribution in [-0.2, 0) is 4.74 Å². The van der Waals surface area contributed by atoms with Crippen LogP contribution in [-0.4, -0.2) is 17.1 Å². The van der Waals surface area contributed by atoms with Crippen LogP contribution in [0.5, 0.6) is 0 Å². The third-order valence-corrected chi connectivity index (χ3v) is 11.9. The Morgan fingerprint density at radius 1 is 0.348 bits per heavy atom. The van der Waals surface area contributed by atoms with Crippen LogP contribution in [0.4, 0.5) is 34.1 Å². The summed E-state index contributed by atoms with van der Waals surface area (Å²) in [6, 6.07) is 88.9. The number of ether oxygens (including phenoxy) is 1. The molecule has 5 nitrogen and oxygen atoms in total. The first-order valence-electron chi connectivity index (χ1n) is 22.3. The summed E-state index contributed by atoms with van der Waals surface area (Å²) in [7, 11) is 0. The highest BCUT2D eigenvalue weighted by Crippen LogP contribution is 2.39. The molecule has 0 fully saturated rings. The summed E-state index contributed by atoms with van der Waals surface area (Å²) in [5.74, 6) is -0.329. The van der Waals surface area contributed by atoms with Gasteiger partial charge < -0.3 is 19.1 Å². The van der Waals surface area contributed by atoms with E-state index in [4.69, 9.17) is 4.74 Å². The van der Waals surface area contributed by atoms with E-state index in [1.165, 1.54) is 0 Å². The molecule has 0 amide bonds. The molecule has 1 aromatic heterocycles. The van der Waals surface area contributed by atoms with Gasteiger partial charge in [-0.1, -0.05) is 146 Å². The predicted octanol–water partition coefficient (Wildman–Crippen LogP) is 16.3. The molecule has 5 heteroatoms. The maximum absolute atomic E-state index is 12.6. The van der Waals surface area contributed by atoms with Gasteiger partial charge in [-0.15, -0.1) is 0 Å². The molecule has 9 aromatic carbocycles. The SMILES string of the molecule is CCOC(=O)c1ccc(-n2c(-c3ccc(-c4ccc(N(c5ccccc5)c5ccccc5)cc4)cc3)ccc2-c2ccc(-c3ccc(N(c4ccccc4)c4ccccc4)cc3)cc2)cc1. The average molecular weight is 854 g/mol. The van der Waals surface area contributed by atoms with Crippen LogP contribution in [0.15, 0.2) is 255 Å². The van der Waals surface area contributed by atoms with E-state index in [9.17, 15) is 4.79 Å². The molecule has 0 saturated carbocycles. The van der Waals surface area contributed by atoms with Crippen molar-refractivity contribution in [2.24, 2.45) is 0 Å². The van der Waals surface area contributed by atoms with Gasteiger partial charge >= 0.3 is 5.97 Å². The van der Waals surface area contributed by atoms with Crippen LogP contribution < -0.4 is 9.80 Å². The Hall–Kier alpha value is -8.67. The lowest BCUT2D eigenvalue weighted by Gasteiger charge is -2.25.